The monoisotopic (exact) mass is 399 g/mol. The lowest BCUT2D eigenvalue weighted by Crippen LogP contribution is -2.43. The van der Waals surface area contributed by atoms with Gasteiger partial charge in [0.15, 0.2) is 0 Å². The minimum Gasteiger partial charge on any atom is -0.379 e. The van der Waals surface area contributed by atoms with Crippen LogP contribution in [0.5, 0.6) is 0 Å². The number of morpholine rings is 1. The van der Waals surface area contributed by atoms with E-state index in [0.717, 1.165) is 18.5 Å². The molecule has 28 heavy (non-hydrogen) atoms. The molecule has 1 aliphatic heterocycles. The van der Waals surface area contributed by atoms with Crippen LogP contribution >= 0.6 is 11.3 Å². The van der Waals surface area contributed by atoms with Gasteiger partial charge in [-0.1, -0.05) is 6.07 Å². The summed E-state index contributed by atoms with van der Waals surface area (Å²) < 4.78 is 18.9. The first-order chi connectivity index (χ1) is 13.6. The van der Waals surface area contributed by atoms with Crippen molar-refractivity contribution in [1.29, 1.82) is 0 Å². The molecule has 1 fully saturated rings. The highest BCUT2D eigenvalue weighted by Crippen LogP contribution is 2.26. The summed E-state index contributed by atoms with van der Waals surface area (Å²) >= 11 is 1.70. The number of pyridine rings is 1. The largest absolute Gasteiger partial charge is 0.379 e. The van der Waals surface area contributed by atoms with Crippen LogP contribution in [0.2, 0.25) is 0 Å². The fraction of sp³-hybridized carbons (Fsp3) is 0.333. The van der Waals surface area contributed by atoms with Crippen LogP contribution in [0, 0.1) is 12.7 Å². The molecule has 3 heterocycles. The zero-order chi connectivity index (χ0) is 19.5. The van der Waals surface area contributed by atoms with Crippen LogP contribution in [0.3, 0.4) is 0 Å². The molecule has 1 aromatic carbocycles. The maximum Gasteiger partial charge on any atom is 0.253 e. The highest BCUT2D eigenvalue weighted by molar-refractivity contribution is 7.10. The number of nitrogens with zero attached hydrogens (tertiary/aromatic N) is 2. The second-order valence-electron chi connectivity index (χ2n) is 6.85. The maximum atomic E-state index is 13.4. The summed E-state index contributed by atoms with van der Waals surface area (Å²) in [6, 6.07) is 10.5. The fourth-order valence-corrected chi connectivity index (χ4v) is 4.39. The van der Waals surface area contributed by atoms with Crippen LogP contribution in [-0.4, -0.2) is 48.6 Å². The minimum atomic E-state index is -0.332. The van der Waals surface area contributed by atoms with Crippen LogP contribution in [0.4, 0.5) is 4.39 Å². The van der Waals surface area contributed by atoms with Crippen molar-refractivity contribution < 1.29 is 13.9 Å². The van der Waals surface area contributed by atoms with E-state index < -0.39 is 0 Å². The fourth-order valence-electron chi connectivity index (χ4n) is 3.53. The lowest BCUT2D eigenvalue weighted by Gasteiger charge is -2.34. The number of hydrogen-bond acceptors (Lipinski definition) is 5. The molecule has 0 radical (unpaired) electrons. The highest BCUT2D eigenvalue weighted by atomic mass is 32.1. The molecule has 0 aliphatic carbocycles. The van der Waals surface area contributed by atoms with Gasteiger partial charge in [-0.2, -0.15) is 0 Å². The summed E-state index contributed by atoms with van der Waals surface area (Å²) in [7, 11) is 0. The van der Waals surface area contributed by atoms with E-state index in [0.29, 0.717) is 36.5 Å². The zero-order valence-corrected chi connectivity index (χ0v) is 16.5. The number of rotatable bonds is 5. The first kappa shape index (κ1) is 19.0. The standard InChI is InChI=1S/C21H22FN3O2S/c1-14-17(11-15-4-5-16(22)12-18(15)24-14)21(26)23-13-19(20-3-2-10-28-20)25-6-8-27-9-7-25/h2-5,10-12,19H,6-9,13H2,1H3,(H,23,26). The Labute approximate surface area is 167 Å². The predicted octanol–water partition coefficient (Wildman–Crippen LogP) is 3.55. The van der Waals surface area contributed by atoms with Gasteiger partial charge in [0.2, 0.25) is 0 Å². The van der Waals surface area contributed by atoms with E-state index in [1.807, 2.05) is 6.07 Å². The number of carbonyl (C=O) groups is 1. The van der Waals surface area contributed by atoms with Crippen molar-refractivity contribution >= 4 is 28.1 Å². The Kier molecular flexibility index (Phi) is 5.66. The second-order valence-corrected chi connectivity index (χ2v) is 7.83. The average Bonchev–Trinajstić information content (AvgIpc) is 3.22. The predicted molar refractivity (Wildman–Crippen MR) is 108 cm³/mol. The van der Waals surface area contributed by atoms with E-state index in [1.165, 1.54) is 17.0 Å². The second kappa shape index (κ2) is 8.34. The van der Waals surface area contributed by atoms with Crippen LogP contribution in [0.1, 0.15) is 27.0 Å². The number of fused-ring (bicyclic) bond motifs is 1. The molecule has 7 heteroatoms. The lowest BCUT2D eigenvalue weighted by atomic mass is 10.1. The van der Waals surface area contributed by atoms with Crippen molar-refractivity contribution in [1.82, 2.24) is 15.2 Å². The smallest absolute Gasteiger partial charge is 0.253 e. The van der Waals surface area contributed by atoms with Gasteiger partial charge in [0, 0.05) is 36.0 Å². The zero-order valence-electron chi connectivity index (χ0n) is 15.7. The molecular formula is C21H22FN3O2S. The molecule has 1 saturated heterocycles. The SMILES string of the molecule is Cc1nc2cc(F)ccc2cc1C(=O)NCC(c1cccs1)N1CCOCC1. The molecule has 1 unspecified atom stereocenters. The number of hydrogen-bond donors (Lipinski definition) is 1. The van der Waals surface area contributed by atoms with Crippen LogP contribution < -0.4 is 5.32 Å². The molecule has 0 spiro atoms. The van der Waals surface area contributed by atoms with Gasteiger partial charge in [0.05, 0.1) is 36.0 Å². The van der Waals surface area contributed by atoms with E-state index in [1.54, 1.807) is 30.4 Å². The van der Waals surface area contributed by atoms with Crippen LogP contribution in [0.15, 0.2) is 41.8 Å². The first-order valence-corrected chi connectivity index (χ1v) is 10.2. The summed E-state index contributed by atoms with van der Waals surface area (Å²) in [6.45, 7) is 5.40. The van der Waals surface area contributed by atoms with Gasteiger partial charge in [0.25, 0.3) is 5.91 Å². The lowest BCUT2D eigenvalue weighted by molar-refractivity contribution is 0.0169. The Morgan fingerprint density at radius 1 is 1.32 bits per heavy atom. The molecule has 4 rings (SSSR count). The number of aryl methyl sites for hydroxylation is 1. The Hall–Kier alpha value is -2.35. The van der Waals surface area contributed by atoms with E-state index in [2.05, 4.69) is 26.6 Å². The van der Waals surface area contributed by atoms with Crippen molar-refractivity contribution in [3.8, 4) is 0 Å². The van der Waals surface area contributed by atoms with Crippen LogP contribution in [0.25, 0.3) is 10.9 Å². The molecule has 5 nitrogen and oxygen atoms in total. The third-order valence-electron chi connectivity index (χ3n) is 5.03. The molecule has 0 saturated carbocycles. The summed E-state index contributed by atoms with van der Waals surface area (Å²) in [5, 5.41) is 5.88. The Bertz CT molecular complexity index is 971. The normalized spacial score (nSPS) is 16.2. The summed E-state index contributed by atoms with van der Waals surface area (Å²) in [6.07, 6.45) is 0. The van der Waals surface area contributed by atoms with Crippen molar-refractivity contribution in [2.75, 3.05) is 32.8 Å². The molecule has 1 atom stereocenters. The number of ether oxygens (including phenoxy) is 1. The van der Waals surface area contributed by atoms with Gasteiger partial charge in [-0.15, -0.1) is 11.3 Å². The van der Waals surface area contributed by atoms with E-state index in [-0.39, 0.29) is 17.8 Å². The Morgan fingerprint density at radius 3 is 2.89 bits per heavy atom. The summed E-state index contributed by atoms with van der Waals surface area (Å²) in [5.41, 5.74) is 1.67. The average molecular weight is 399 g/mol. The van der Waals surface area contributed by atoms with Gasteiger partial charge < -0.3 is 10.1 Å². The quantitative estimate of drug-likeness (QED) is 0.713. The highest BCUT2D eigenvalue weighted by Gasteiger charge is 2.24. The van der Waals surface area contributed by atoms with E-state index in [9.17, 15) is 9.18 Å². The Balaban J connectivity index is 1.52. The minimum absolute atomic E-state index is 0.121. The van der Waals surface area contributed by atoms with Gasteiger partial charge in [-0.3, -0.25) is 14.7 Å². The van der Waals surface area contributed by atoms with E-state index in [4.69, 9.17) is 4.74 Å². The molecule has 0 bridgehead atoms. The van der Waals surface area contributed by atoms with Gasteiger partial charge in [-0.05, 0) is 36.6 Å². The number of amides is 1. The molecule has 2 aromatic heterocycles. The van der Waals surface area contributed by atoms with Crippen LogP contribution in [-0.2, 0) is 4.74 Å². The number of carbonyl (C=O) groups excluding carboxylic acids is 1. The molecule has 146 valence electrons. The summed E-state index contributed by atoms with van der Waals surface area (Å²) in [5.74, 6) is -0.494. The van der Waals surface area contributed by atoms with Crippen molar-refractivity contribution in [3.63, 3.8) is 0 Å². The van der Waals surface area contributed by atoms with Crippen molar-refractivity contribution in [3.05, 3.63) is 63.7 Å². The van der Waals surface area contributed by atoms with Crippen molar-refractivity contribution in [2.24, 2.45) is 0 Å². The molecule has 1 amide bonds. The topological polar surface area (TPSA) is 54.5 Å². The van der Waals surface area contributed by atoms with Crippen molar-refractivity contribution in [2.45, 2.75) is 13.0 Å². The number of nitrogens with one attached hydrogen (secondary N) is 1. The third-order valence-corrected chi connectivity index (χ3v) is 6.00. The number of benzene rings is 1. The summed E-state index contributed by atoms with van der Waals surface area (Å²) in [4.78, 5) is 20.8. The van der Waals surface area contributed by atoms with E-state index >= 15 is 0 Å². The Morgan fingerprint density at radius 2 is 2.14 bits per heavy atom. The number of halogens is 1. The maximum absolute atomic E-state index is 13.4. The molecule has 1 aliphatic rings. The van der Waals surface area contributed by atoms with Gasteiger partial charge in [0.1, 0.15) is 5.82 Å². The molecule has 3 aromatic rings. The van der Waals surface area contributed by atoms with Gasteiger partial charge in [-0.25, -0.2) is 4.39 Å². The third kappa shape index (κ3) is 4.06. The molecular weight excluding hydrogens is 377 g/mol. The molecule has 1 N–H and O–H groups in total. The number of thiophene rings is 1. The number of aromatic nitrogens is 1. The first-order valence-electron chi connectivity index (χ1n) is 9.32. The van der Waals surface area contributed by atoms with Gasteiger partial charge >= 0.3 is 0 Å².